The molecule has 1 saturated heterocycles. The molecular weight excluding hydrogens is 186 g/mol. The Hall–Kier alpha value is -0.680. The van der Waals surface area contributed by atoms with Crippen molar-refractivity contribution in [3.05, 3.63) is 5.82 Å². The molecule has 1 aromatic heterocycles. The maximum absolute atomic E-state index is 5.28. The molecule has 0 aromatic carbocycles. The molecule has 1 fully saturated rings. The predicted octanol–water partition coefficient (Wildman–Crippen LogP) is 1.47. The van der Waals surface area contributed by atoms with Gasteiger partial charge in [-0.25, -0.2) is 4.98 Å². The van der Waals surface area contributed by atoms with Gasteiger partial charge in [0.05, 0.1) is 6.61 Å². The molecule has 1 aliphatic heterocycles. The Morgan fingerprint density at radius 3 is 3.31 bits per heavy atom. The monoisotopic (exact) mass is 199 g/mol. The first-order valence-electron chi connectivity index (χ1n) is 4.55. The molecular formula is C8H13N3OS. The van der Waals surface area contributed by atoms with E-state index in [0.29, 0.717) is 5.92 Å². The largest absolute Gasteiger partial charge is 0.381 e. The smallest absolute Gasteiger partial charge is 0.202 e. The summed E-state index contributed by atoms with van der Waals surface area (Å²) in [5.74, 6) is 1.36. The van der Waals surface area contributed by atoms with Crippen LogP contribution in [0.15, 0.2) is 0 Å². The van der Waals surface area contributed by atoms with Crippen molar-refractivity contribution in [1.82, 2.24) is 9.36 Å². The van der Waals surface area contributed by atoms with Crippen molar-refractivity contribution in [1.29, 1.82) is 0 Å². The van der Waals surface area contributed by atoms with Crippen molar-refractivity contribution in [2.75, 3.05) is 25.1 Å². The number of anilines is 1. The van der Waals surface area contributed by atoms with Crippen LogP contribution in [0, 0.1) is 0 Å². The standard InChI is InChI=1S/C8H13N3OS/c1-2-9-8-10-7(11-13-8)6-3-4-12-5-6/h6H,2-5H2,1H3,(H,9,10,11). The van der Waals surface area contributed by atoms with Crippen LogP contribution in [-0.4, -0.2) is 29.1 Å². The van der Waals surface area contributed by atoms with Crippen molar-refractivity contribution in [2.24, 2.45) is 0 Å². The van der Waals surface area contributed by atoms with Crippen LogP contribution < -0.4 is 5.32 Å². The van der Waals surface area contributed by atoms with Crippen molar-refractivity contribution in [2.45, 2.75) is 19.3 Å². The number of aromatic nitrogens is 2. The van der Waals surface area contributed by atoms with E-state index in [9.17, 15) is 0 Å². The number of ether oxygens (including phenoxy) is 1. The molecule has 72 valence electrons. The molecule has 0 saturated carbocycles. The van der Waals surface area contributed by atoms with E-state index in [2.05, 4.69) is 21.6 Å². The number of hydrogen-bond donors (Lipinski definition) is 1. The molecule has 5 heteroatoms. The first kappa shape index (κ1) is 8.90. The normalized spacial score (nSPS) is 22.1. The quantitative estimate of drug-likeness (QED) is 0.801. The highest BCUT2D eigenvalue weighted by molar-refractivity contribution is 7.09. The molecule has 2 rings (SSSR count). The van der Waals surface area contributed by atoms with E-state index in [4.69, 9.17) is 4.74 Å². The van der Waals surface area contributed by atoms with Gasteiger partial charge in [-0.05, 0) is 13.3 Å². The Balaban J connectivity index is 2.03. The van der Waals surface area contributed by atoms with Crippen molar-refractivity contribution < 1.29 is 4.74 Å². The van der Waals surface area contributed by atoms with Gasteiger partial charge in [0.15, 0.2) is 0 Å². The molecule has 0 amide bonds. The van der Waals surface area contributed by atoms with Crippen molar-refractivity contribution in [3.63, 3.8) is 0 Å². The lowest BCUT2D eigenvalue weighted by molar-refractivity contribution is 0.193. The van der Waals surface area contributed by atoms with Gasteiger partial charge in [0.1, 0.15) is 5.82 Å². The average Bonchev–Trinajstić information content (AvgIpc) is 2.70. The number of hydrogen-bond acceptors (Lipinski definition) is 5. The second kappa shape index (κ2) is 4.02. The fourth-order valence-electron chi connectivity index (χ4n) is 1.36. The predicted molar refractivity (Wildman–Crippen MR) is 52.2 cm³/mol. The van der Waals surface area contributed by atoms with Gasteiger partial charge in [0.2, 0.25) is 5.13 Å². The van der Waals surface area contributed by atoms with Crippen LogP contribution in [0.3, 0.4) is 0 Å². The maximum atomic E-state index is 5.28. The Morgan fingerprint density at radius 2 is 2.62 bits per heavy atom. The van der Waals surface area contributed by atoms with E-state index in [1.165, 1.54) is 11.5 Å². The molecule has 2 heterocycles. The van der Waals surface area contributed by atoms with Gasteiger partial charge in [0.25, 0.3) is 0 Å². The highest BCUT2D eigenvalue weighted by Gasteiger charge is 2.21. The lowest BCUT2D eigenvalue weighted by Gasteiger charge is -1.99. The van der Waals surface area contributed by atoms with Gasteiger partial charge in [0, 0.05) is 30.6 Å². The Labute approximate surface area is 81.5 Å². The topological polar surface area (TPSA) is 47.0 Å². The van der Waals surface area contributed by atoms with E-state index in [1.54, 1.807) is 0 Å². The zero-order valence-corrected chi connectivity index (χ0v) is 8.43. The molecule has 0 radical (unpaired) electrons. The highest BCUT2D eigenvalue weighted by Crippen LogP contribution is 2.25. The van der Waals surface area contributed by atoms with Gasteiger partial charge in [-0.2, -0.15) is 4.37 Å². The molecule has 0 aliphatic carbocycles. The number of nitrogens with one attached hydrogen (secondary N) is 1. The number of nitrogens with zero attached hydrogens (tertiary/aromatic N) is 2. The van der Waals surface area contributed by atoms with E-state index >= 15 is 0 Å². The average molecular weight is 199 g/mol. The van der Waals surface area contributed by atoms with Crippen LogP contribution in [0.25, 0.3) is 0 Å². The summed E-state index contributed by atoms with van der Waals surface area (Å²) in [6, 6.07) is 0. The zero-order chi connectivity index (χ0) is 9.10. The Bertz CT molecular complexity index is 270. The summed E-state index contributed by atoms with van der Waals surface area (Å²) in [5, 5.41) is 4.08. The molecule has 1 unspecified atom stereocenters. The maximum Gasteiger partial charge on any atom is 0.202 e. The van der Waals surface area contributed by atoms with Crippen LogP contribution in [0.5, 0.6) is 0 Å². The summed E-state index contributed by atoms with van der Waals surface area (Å²) in [7, 11) is 0. The Kier molecular flexibility index (Phi) is 2.75. The lowest BCUT2D eigenvalue weighted by atomic mass is 10.1. The van der Waals surface area contributed by atoms with Gasteiger partial charge >= 0.3 is 0 Å². The summed E-state index contributed by atoms with van der Waals surface area (Å²) in [6.45, 7) is 4.58. The summed E-state index contributed by atoms with van der Waals surface area (Å²) in [5.41, 5.74) is 0. The minimum Gasteiger partial charge on any atom is -0.381 e. The second-order valence-corrected chi connectivity index (χ2v) is 3.80. The summed E-state index contributed by atoms with van der Waals surface area (Å²) in [6.07, 6.45) is 1.06. The van der Waals surface area contributed by atoms with Gasteiger partial charge < -0.3 is 10.1 Å². The molecule has 0 bridgehead atoms. The fraction of sp³-hybridized carbons (Fsp3) is 0.750. The lowest BCUT2D eigenvalue weighted by Crippen LogP contribution is -2.01. The molecule has 13 heavy (non-hydrogen) atoms. The minimum absolute atomic E-state index is 0.420. The SMILES string of the molecule is CCNc1nc(C2CCOC2)ns1. The molecule has 0 spiro atoms. The molecule has 1 aromatic rings. The molecule has 1 aliphatic rings. The summed E-state index contributed by atoms with van der Waals surface area (Å²) < 4.78 is 9.59. The highest BCUT2D eigenvalue weighted by atomic mass is 32.1. The van der Waals surface area contributed by atoms with Crippen LogP contribution in [-0.2, 0) is 4.74 Å². The van der Waals surface area contributed by atoms with E-state index < -0.39 is 0 Å². The van der Waals surface area contributed by atoms with E-state index in [-0.39, 0.29) is 0 Å². The minimum atomic E-state index is 0.420. The number of rotatable bonds is 3. The van der Waals surface area contributed by atoms with Crippen LogP contribution in [0.4, 0.5) is 5.13 Å². The first-order valence-corrected chi connectivity index (χ1v) is 5.32. The third-order valence-corrected chi connectivity index (χ3v) is 2.75. The van der Waals surface area contributed by atoms with Gasteiger partial charge in [-0.1, -0.05) is 0 Å². The third-order valence-electron chi connectivity index (χ3n) is 2.06. The van der Waals surface area contributed by atoms with Gasteiger partial charge in [-0.3, -0.25) is 0 Å². The summed E-state index contributed by atoms with van der Waals surface area (Å²) in [4.78, 5) is 4.40. The molecule has 1 atom stereocenters. The van der Waals surface area contributed by atoms with Crippen molar-refractivity contribution >= 4 is 16.7 Å². The van der Waals surface area contributed by atoms with Crippen LogP contribution in [0.2, 0.25) is 0 Å². The van der Waals surface area contributed by atoms with Gasteiger partial charge in [-0.15, -0.1) is 0 Å². The Morgan fingerprint density at radius 1 is 1.69 bits per heavy atom. The summed E-state index contributed by atoms with van der Waals surface area (Å²) >= 11 is 1.43. The van der Waals surface area contributed by atoms with E-state index in [0.717, 1.165) is 37.1 Å². The van der Waals surface area contributed by atoms with Crippen LogP contribution in [0.1, 0.15) is 25.1 Å². The molecule has 4 nitrogen and oxygen atoms in total. The van der Waals surface area contributed by atoms with E-state index in [1.807, 2.05) is 0 Å². The second-order valence-electron chi connectivity index (χ2n) is 3.05. The fourth-order valence-corrected chi connectivity index (χ4v) is 2.08. The third kappa shape index (κ3) is 1.97. The first-order chi connectivity index (χ1) is 6.40. The zero-order valence-electron chi connectivity index (χ0n) is 7.62. The van der Waals surface area contributed by atoms with Crippen molar-refractivity contribution in [3.8, 4) is 0 Å². The molecule has 1 N–H and O–H groups in total. The van der Waals surface area contributed by atoms with Crippen LogP contribution >= 0.6 is 11.5 Å².